The van der Waals surface area contributed by atoms with Crippen molar-refractivity contribution in [2.24, 2.45) is 0 Å². The molecule has 0 bridgehead atoms. The molecule has 0 saturated heterocycles. The molecule has 5 heteroatoms. The minimum Gasteiger partial charge on any atom is -0.455 e. The van der Waals surface area contributed by atoms with Crippen LogP contribution in [0.2, 0.25) is 0 Å². The summed E-state index contributed by atoms with van der Waals surface area (Å²) in [6.45, 7) is 0. The number of nitrogens with zero attached hydrogens (tertiary/aromatic N) is 4. The fraction of sp³-hybridized carbons (Fsp3) is 0. The van der Waals surface area contributed by atoms with E-state index in [1.807, 2.05) is 24.3 Å². The number of hydrogen-bond donors (Lipinski definition) is 0. The summed E-state index contributed by atoms with van der Waals surface area (Å²) in [7, 11) is 0. The van der Waals surface area contributed by atoms with Crippen LogP contribution in [0.25, 0.3) is 99.3 Å². The lowest BCUT2D eigenvalue weighted by Gasteiger charge is -2.12. The van der Waals surface area contributed by atoms with Gasteiger partial charge >= 0.3 is 0 Å². The molecule has 4 heterocycles. The van der Waals surface area contributed by atoms with E-state index in [0.29, 0.717) is 5.95 Å². The van der Waals surface area contributed by atoms with Crippen LogP contribution in [-0.4, -0.2) is 19.1 Å². The van der Waals surface area contributed by atoms with Gasteiger partial charge in [-0.2, -0.15) is 0 Å². The zero-order valence-corrected chi connectivity index (χ0v) is 26.2. The van der Waals surface area contributed by atoms with Crippen molar-refractivity contribution in [2.75, 3.05) is 0 Å². The van der Waals surface area contributed by atoms with E-state index < -0.39 is 0 Å². The molecule has 11 aromatic rings. The highest BCUT2D eigenvalue weighted by molar-refractivity contribution is 6.13. The topological polar surface area (TPSA) is 48.8 Å². The Labute approximate surface area is 279 Å². The van der Waals surface area contributed by atoms with Crippen molar-refractivity contribution in [3.05, 3.63) is 158 Å². The Morgan fingerprint density at radius 3 is 1.73 bits per heavy atom. The normalized spacial score (nSPS) is 12.1. The summed E-state index contributed by atoms with van der Waals surface area (Å²) in [6, 6.07) is 55.3. The number of benzene rings is 7. The van der Waals surface area contributed by atoms with Crippen molar-refractivity contribution in [3.8, 4) is 22.9 Å². The lowest BCUT2D eigenvalue weighted by molar-refractivity contribution is 0.670. The van der Waals surface area contributed by atoms with E-state index in [2.05, 4.69) is 143 Å². The summed E-state index contributed by atoms with van der Waals surface area (Å²) in [5.74, 6) is 0.623. The quantitative estimate of drug-likeness (QED) is 0.196. The van der Waals surface area contributed by atoms with E-state index in [1.54, 1.807) is 0 Å². The highest BCUT2D eigenvalue weighted by Gasteiger charge is 2.21. The maximum Gasteiger partial charge on any atom is 0.235 e. The zero-order chi connectivity index (χ0) is 32.1. The van der Waals surface area contributed by atoms with Gasteiger partial charge in [0.15, 0.2) is 0 Å². The van der Waals surface area contributed by atoms with Crippen LogP contribution < -0.4 is 0 Å². The number of fused-ring (bicyclic) bond motifs is 10. The van der Waals surface area contributed by atoms with Crippen LogP contribution in [0.1, 0.15) is 0 Å². The van der Waals surface area contributed by atoms with Gasteiger partial charge in [0.25, 0.3) is 0 Å². The third-order valence-corrected chi connectivity index (χ3v) is 9.95. The highest BCUT2D eigenvalue weighted by Crippen LogP contribution is 2.40. The molecule has 0 unspecified atom stereocenters. The van der Waals surface area contributed by atoms with Crippen LogP contribution >= 0.6 is 0 Å². The highest BCUT2D eigenvalue weighted by atomic mass is 16.3. The van der Waals surface area contributed by atoms with Gasteiger partial charge in [0.2, 0.25) is 5.95 Å². The summed E-state index contributed by atoms with van der Waals surface area (Å²) in [5, 5.41) is 7.94. The second kappa shape index (κ2) is 9.89. The van der Waals surface area contributed by atoms with Crippen molar-refractivity contribution in [2.45, 2.75) is 0 Å². The Balaban J connectivity index is 1.19. The first kappa shape index (κ1) is 26.4. The largest absolute Gasteiger partial charge is 0.455 e. The van der Waals surface area contributed by atoms with Gasteiger partial charge < -0.3 is 8.98 Å². The Hall–Kier alpha value is -6.72. The second-order valence-corrected chi connectivity index (χ2v) is 12.6. The molecule has 0 N–H and O–H groups in total. The minimum absolute atomic E-state index is 0.623. The molecule has 4 aromatic heterocycles. The predicted molar refractivity (Wildman–Crippen MR) is 201 cm³/mol. The van der Waals surface area contributed by atoms with Crippen LogP contribution in [0.5, 0.6) is 0 Å². The summed E-state index contributed by atoms with van der Waals surface area (Å²) in [4.78, 5) is 10.6. The van der Waals surface area contributed by atoms with Crippen molar-refractivity contribution < 1.29 is 4.42 Å². The number of hydrogen-bond acceptors (Lipinski definition) is 3. The molecule has 0 aliphatic carbocycles. The molecule has 0 fully saturated rings. The van der Waals surface area contributed by atoms with E-state index in [0.717, 1.165) is 71.6 Å². The summed E-state index contributed by atoms with van der Waals surface area (Å²) in [5.41, 5.74) is 9.97. The number of para-hydroxylation sites is 6. The van der Waals surface area contributed by atoms with Crippen LogP contribution in [0.3, 0.4) is 0 Å². The first-order chi connectivity index (χ1) is 24.3. The third kappa shape index (κ3) is 3.70. The number of rotatable bonds is 3. The molecular weight excluding hydrogens is 601 g/mol. The Kier molecular flexibility index (Phi) is 5.32. The SMILES string of the molecule is c1ccc2c(-c3cccc4c3oc3ccccc34)nc(-n3c4ccccc4c4cc(-n5c6ccccc6c6ccccc65)ccc43)nc2c1. The lowest BCUT2D eigenvalue weighted by Crippen LogP contribution is -2.03. The monoisotopic (exact) mass is 626 g/mol. The van der Waals surface area contributed by atoms with Gasteiger partial charge in [0, 0.05) is 49.0 Å². The molecular formula is C44H26N4O. The summed E-state index contributed by atoms with van der Waals surface area (Å²) < 4.78 is 11.1. The maximum atomic E-state index is 6.50. The van der Waals surface area contributed by atoms with E-state index in [1.165, 1.54) is 21.8 Å². The molecule has 11 rings (SSSR count). The Morgan fingerprint density at radius 2 is 0.980 bits per heavy atom. The molecule has 0 radical (unpaired) electrons. The van der Waals surface area contributed by atoms with E-state index in [4.69, 9.17) is 14.4 Å². The van der Waals surface area contributed by atoms with Crippen LogP contribution in [0, 0.1) is 0 Å². The average Bonchev–Trinajstić information content (AvgIpc) is 3.82. The minimum atomic E-state index is 0.623. The zero-order valence-electron chi connectivity index (χ0n) is 26.2. The summed E-state index contributed by atoms with van der Waals surface area (Å²) >= 11 is 0. The predicted octanol–water partition coefficient (Wildman–Crippen LogP) is 11.4. The molecule has 0 aliphatic heterocycles. The van der Waals surface area contributed by atoms with Gasteiger partial charge in [-0.3, -0.25) is 4.57 Å². The second-order valence-electron chi connectivity index (χ2n) is 12.6. The third-order valence-electron chi connectivity index (χ3n) is 9.95. The van der Waals surface area contributed by atoms with Gasteiger partial charge in [-0.05, 0) is 54.6 Å². The van der Waals surface area contributed by atoms with Gasteiger partial charge in [-0.15, -0.1) is 0 Å². The summed E-state index contributed by atoms with van der Waals surface area (Å²) in [6.07, 6.45) is 0. The van der Waals surface area contributed by atoms with Crippen molar-refractivity contribution >= 4 is 76.5 Å². The van der Waals surface area contributed by atoms with E-state index >= 15 is 0 Å². The lowest BCUT2D eigenvalue weighted by atomic mass is 10.0. The smallest absolute Gasteiger partial charge is 0.235 e. The fourth-order valence-electron chi connectivity index (χ4n) is 7.82. The molecule has 0 saturated carbocycles. The van der Waals surface area contributed by atoms with Crippen LogP contribution in [-0.2, 0) is 0 Å². The van der Waals surface area contributed by atoms with Gasteiger partial charge in [-0.1, -0.05) is 103 Å². The van der Waals surface area contributed by atoms with E-state index in [9.17, 15) is 0 Å². The van der Waals surface area contributed by atoms with Crippen molar-refractivity contribution in [1.82, 2.24) is 19.1 Å². The van der Waals surface area contributed by atoms with Crippen LogP contribution in [0.15, 0.2) is 162 Å². The fourth-order valence-corrected chi connectivity index (χ4v) is 7.82. The van der Waals surface area contributed by atoms with Crippen molar-refractivity contribution in [1.29, 1.82) is 0 Å². The van der Waals surface area contributed by atoms with Gasteiger partial charge in [-0.25, -0.2) is 9.97 Å². The number of furan rings is 1. The van der Waals surface area contributed by atoms with Gasteiger partial charge in [0.05, 0.1) is 33.3 Å². The Morgan fingerprint density at radius 1 is 0.408 bits per heavy atom. The first-order valence-electron chi connectivity index (χ1n) is 16.5. The molecule has 0 atom stereocenters. The molecule has 5 nitrogen and oxygen atoms in total. The molecule has 7 aromatic carbocycles. The van der Waals surface area contributed by atoms with Gasteiger partial charge in [0.1, 0.15) is 11.2 Å². The molecule has 0 spiro atoms. The molecule has 49 heavy (non-hydrogen) atoms. The molecule has 228 valence electrons. The average molecular weight is 627 g/mol. The number of aromatic nitrogens is 4. The van der Waals surface area contributed by atoms with E-state index in [-0.39, 0.29) is 0 Å². The maximum absolute atomic E-state index is 6.50. The molecule has 0 amide bonds. The standard InChI is InChI=1S/C44H26N4O/c1-6-19-36-33(16-1)42(34-18-11-17-32-31-15-5-10-23-41(31)49-43(32)34)46-44(45-36)48-39-22-9-4-14-30(39)35-26-27(24-25-40(35)48)47-37-20-7-2-12-28(37)29-13-3-8-21-38(29)47/h1-26H. The first-order valence-corrected chi connectivity index (χ1v) is 16.5. The Bertz CT molecular complexity index is 3070. The van der Waals surface area contributed by atoms with Crippen molar-refractivity contribution in [3.63, 3.8) is 0 Å². The molecule has 0 aliphatic rings. The van der Waals surface area contributed by atoms with Crippen LogP contribution in [0.4, 0.5) is 0 Å².